The minimum atomic E-state index is -1.05. The first-order valence-corrected chi connectivity index (χ1v) is 10.4. The van der Waals surface area contributed by atoms with Crippen LogP contribution in [0.1, 0.15) is 28.5 Å². The molecule has 0 saturated carbocycles. The molecule has 0 aliphatic rings. The Morgan fingerprint density at radius 1 is 1.13 bits per heavy atom. The molecule has 6 nitrogen and oxygen atoms in total. The molecule has 0 aliphatic heterocycles. The number of imidazole rings is 1. The molecule has 0 aliphatic carbocycles. The van der Waals surface area contributed by atoms with Crippen LogP contribution in [0.5, 0.6) is 0 Å². The number of nitrogens with zero attached hydrogens (tertiary/aromatic N) is 2. The number of anilines is 1. The molecule has 4 aromatic rings. The zero-order valence-electron chi connectivity index (χ0n) is 16.7. The van der Waals surface area contributed by atoms with Crippen molar-refractivity contribution in [3.63, 3.8) is 0 Å². The number of hydrogen-bond acceptors (Lipinski definition) is 5. The zero-order valence-corrected chi connectivity index (χ0v) is 17.5. The van der Waals surface area contributed by atoms with Crippen LogP contribution in [0.3, 0.4) is 0 Å². The summed E-state index contributed by atoms with van der Waals surface area (Å²) >= 11 is 1.49. The van der Waals surface area contributed by atoms with Crippen molar-refractivity contribution in [2.75, 3.05) is 5.32 Å². The molecule has 0 fully saturated rings. The molecule has 2 aromatic heterocycles. The van der Waals surface area contributed by atoms with Crippen molar-refractivity contribution in [1.29, 1.82) is 0 Å². The van der Waals surface area contributed by atoms with Gasteiger partial charge in [-0.15, -0.1) is 11.3 Å². The maximum absolute atomic E-state index is 13.0. The molecular weight excluding hydrogens is 398 g/mol. The lowest BCUT2D eigenvalue weighted by molar-refractivity contribution is -0.154. The molecule has 2 heterocycles. The van der Waals surface area contributed by atoms with Crippen LogP contribution in [0, 0.1) is 13.8 Å². The van der Waals surface area contributed by atoms with Gasteiger partial charge in [0.25, 0.3) is 5.91 Å². The summed E-state index contributed by atoms with van der Waals surface area (Å²) in [6.07, 6.45) is 2.61. The predicted octanol–water partition coefficient (Wildman–Crippen LogP) is 4.48. The van der Waals surface area contributed by atoms with Gasteiger partial charge in [-0.3, -0.25) is 14.0 Å². The fourth-order valence-electron chi connectivity index (χ4n) is 3.34. The van der Waals surface area contributed by atoms with Crippen LogP contribution in [0.25, 0.3) is 4.96 Å². The zero-order chi connectivity index (χ0) is 21.1. The van der Waals surface area contributed by atoms with Gasteiger partial charge in [-0.25, -0.2) is 4.98 Å². The Hall–Kier alpha value is -3.45. The third-order valence-corrected chi connectivity index (χ3v) is 5.32. The quantitative estimate of drug-likeness (QED) is 0.468. The first-order chi connectivity index (χ1) is 14.5. The highest BCUT2D eigenvalue weighted by atomic mass is 32.1. The van der Waals surface area contributed by atoms with E-state index in [2.05, 4.69) is 10.3 Å². The highest BCUT2D eigenvalue weighted by Crippen LogP contribution is 2.22. The van der Waals surface area contributed by atoms with E-state index >= 15 is 0 Å². The van der Waals surface area contributed by atoms with E-state index in [1.54, 1.807) is 18.3 Å². The third-order valence-electron chi connectivity index (χ3n) is 4.55. The van der Waals surface area contributed by atoms with Crippen LogP contribution in [-0.2, 0) is 20.7 Å². The van der Waals surface area contributed by atoms with Crippen molar-refractivity contribution in [2.24, 2.45) is 0 Å². The molecule has 1 unspecified atom stereocenters. The lowest BCUT2D eigenvalue weighted by Gasteiger charge is -2.18. The van der Waals surface area contributed by atoms with Gasteiger partial charge in [-0.05, 0) is 37.1 Å². The van der Waals surface area contributed by atoms with Crippen molar-refractivity contribution in [3.05, 3.63) is 88.7 Å². The van der Waals surface area contributed by atoms with E-state index in [4.69, 9.17) is 4.74 Å². The number of thiazole rings is 1. The number of benzene rings is 2. The van der Waals surface area contributed by atoms with Crippen LogP contribution in [0.15, 0.2) is 66.3 Å². The summed E-state index contributed by atoms with van der Waals surface area (Å²) in [7, 11) is 0. The summed E-state index contributed by atoms with van der Waals surface area (Å²) in [5.41, 5.74) is 3.97. The van der Waals surface area contributed by atoms with Gasteiger partial charge in [0.15, 0.2) is 4.96 Å². The number of nitrogens with one attached hydrogen (secondary N) is 1. The highest BCUT2D eigenvalue weighted by Gasteiger charge is 2.25. The number of amides is 1. The number of ether oxygens (including phenoxy) is 1. The first-order valence-electron chi connectivity index (χ1n) is 9.52. The number of carbonyl (C=O) groups excluding carboxylic acids is 2. The second-order valence-electron chi connectivity index (χ2n) is 7.15. The van der Waals surface area contributed by atoms with Crippen molar-refractivity contribution in [2.45, 2.75) is 26.4 Å². The van der Waals surface area contributed by atoms with E-state index in [-0.39, 0.29) is 6.42 Å². The highest BCUT2D eigenvalue weighted by molar-refractivity contribution is 7.15. The Bertz CT molecular complexity index is 1150. The molecule has 0 bridgehead atoms. The Balaban J connectivity index is 1.52. The maximum atomic E-state index is 13.0. The van der Waals surface area contributed by atoms with Crippen molar-refractivity contribution in [3.8, 4) is 0 Å². The Labute approximate surface area is 178 Å². The number of aryl methyl sites for hydroxylation is 2. The second-order valence-corrected chi connectivity index (χ2v) is 8.02. The summed E-state index contributed by atoms with van der Waals surface area (Å²) in [6.45, 7) is 3.93. The van der Waals surface area contributed by atoms with Gasteiger partial charge < -0.3 is 10.1 Å². The summed E-state index contributed by atoms with van der Waals surface area (Å²) in [6, 6.07) is 14.8. The first kappa shape index (κ1) is 19.8. The van der Waals surface area contributed by atoms with Crippen molar-refractivity contribution >= 4 is 33.9 Å². The van der Waals surface area contributed by atoms with Gasteiger partial charge in [0.1, 0.15) is 0 Å². The molecule has 7 heteroatoms. The average molecular weight is 420 g/mol. The van der Waals surface area contributed by atoms with Gasteiger partial charge in [-0.1, -0.05) is 36.4 Å². The van der Waals surface area contributed by atoms with Gasteiger partial charge in [0.2, 0.25) is 6.10 Å². The summed E-state index contributed by atoms with van der Waals surface area (Å²) in [4.78, 5) is 30.8. The van der Waals surface area contributed by atoms with E-state index in [1.807, 2.05) is 66.2 Å². The minimum absolute atomic E-state index is 0.00539. The van der Waals surface area contributed by atoms with E-state index in [1.165, 1.54) is 11.3 Å². The predicted molar refractivity (Wildman–Crippen MR) is 117 cm³/mol. The second kappa shape index (κ2) is 8.51. The van der Waals surface area contributed by atoms with Crippen LogP contribution in [-0.4, -0.2) is 21.3 Å². The molecule has 0 radical (unpaired) electrons. The van der Waals surface area contributed by atoms with Crippen LogP contribution >= 0.6 is 11.3 Å². The monoisotopic (exact) mass is 419 g/mol. The Morgan fingerprint density at radius 3 is 2.57 bits per heavy atom. The molecule has 1 amide bonds. The summed E-state index contributed by atoms with van der Waals surface area (Å²) in [5, 5.41) is 4.80. The number of hydrogen-bond donors (Lipinski definition) is 1. The smallest absolute Gasteiger partial charge is 0.313 e. The van der Waals surface area contributed by atoms with Crippen LogP contribution < -0.4 is 5.32 Å². The molecule has 1 N–H and O–H groups in total. The van der Waals surface area contributed by atoms with Crippen LogP contribution in [0.2, 0.25) is 0 Å². The number of rotatable bonds is 6. The SMILES string of the molecule is Cc1cc(C)cc(NC(=O)C(OC(=O)Cc2cn3ccsc3n2)c2ccccc2)c1. The van der Waals surface area contributed by atoms with E-state index in [0.29, 0.717) is 16.9 Å². The number of fused-ring (bicyclic) bond motifs is 1. The van der Waals surface area contributed by atoms with Crippen LogP contribution in [0.4, 0.5) is 5.69 Å². The Kier molecular flexibility index (Phi) is 5.63. The molecule has 30 heavy (non-hydrogen) atoms. The fourth-order valence-corrected chi connectivity index (χ4v) is 4.06. The molecular formula is C23H21N3O3S. The topological polar surface area (TPSA) is 72.7 Å². The molecule has 1 atom stereocenters. The van der Waals surface area contributed by atoms with Gasteiger partial charge in [0, 0.05) is 29.0 Å². The van der Waals surface area contributed by atoms with Crippen molar-refractivity contribution in [1.82, 2.24) is 9.38 Å². The Morgan fingerprint density at radius 2 is 1.87 bits per heavy atom. The number of carbonyl (C=O) groups is 2. The minimum Gasteiger partial charge on any atom is -0.447 e. The van der Waals surface area contributed by atoms with E-state index in [0.717, 1.165) is 16.1 Å². The third kappa shape index (κ3) is 4.58. The molecule has 0 saturated heterocycles. The molecule has 0 spiro atoms. The number of esters is 1. The van der Waals surface area contributed by atoms with E-state index < -0.39 is 18.0 Å². The largest absolute Gasteiger partial charge is 0.447 e. The lowest BCUT2D eigenvalue weighted by Crippen LogP contribution is -2.26. The van der Waals surface area contributed by atoms with Crippen molar-refractivity contribution < 1.29 is 14.3 Å². The van der Waals surface area contributed by atoms with Gasteiger partial charge in [0.05, 0.1) is 12.1 Å². The molecule has 4 rings (SSSR count). The average Bonchev–Trinajstić information content (AvgIpc) is 3.27. The number of aromatic nitrogens is 2. The fraction of sp³-hybridized carbons (Fsp3) is 0.174. The summed E-state index contributed by atoms with van der Waals surface area (Å²) < 4.78 is 7.47. The van der Waals surface area contributed by atoms with E-state index in [9.17, 15) is 9.59 Å². The lowest BCUT2D eigenvalue weighted by atomic mass is 10.1. The van der Waals surface area contributed by atoms with Gasteiger partial charge in [-0.2, -0.15) is 0 Å². The summed E-state index contributed by atoms with van der Waals surface area (Å²) in [5.74, 6) is -0.907. The van der Waals surface area contributed by atoms with Gasteiger partial charge >= 0.3 is 5.97 Å². The standard InChI is InChI=1S/C23H21N3O3S/c1-15-10-16(2)12-18(11-15)24-22(28)21(17-6-4-3-5-7-17)29-20(27)13-19-14-26-8-9-30-23(26)25-19/h3-12,14,21H,13H2,1-2H3,(H,24,28). The normalized spacial score (nSPS) is 11.9. The maximum Gasteiger partial charge on any atom is 0.313 e. The molecule has 152 valence electrons. The molecule has 2 aromatic carbocycles.